The van der Waals surface area contributed by atoms with E-state index in [1.807, 2.05) is 38.1 Å². The number of fused-ring (bicyclic) bond motifs is 3. The molecule has 2 aromatic rings. The molecule has 1 atom stereocenters. The van der Waals surface area contributed by atoms with Crippen LogP contribution in [0.15, 0.2) is 48.5 Å². The Morgan fingerprint density at radius 1 is 1.06 bits per heavy atom. The van der Waals surface area contributed by atoms with Gasteiger partial charge < -0.3 is 20.1 Å². The Morgan fingerprint density at radius 3 is 2.29 bits per heavy atom. The summed E-state index contributed by atoms with van der Waals surface area (Å²) in [4.78, 5) is 38.0. The first-order valence-electron chi connectivity index (χ1n) is 11.9. The summed E-state index contributed by atoms with van der Waals surface area (Å²) in [7, 11) is 0. The molecule has 0 bridgehead atoms. The molecule has 2 aliphatic rings. The summed E-state index contributed by atoms with van der Waals surface area (Å²) in [5.74, 6) is -0.818. The van der Waals surface area contributed by atoms with Crippen LogP contribution in [-0.2, 0) is 14.3 Å². The molecule has 7 heteroatoms. The van der Waals surface area contributed by atoms with Crippen LogP contribution in [-0.4, -0.2) is 54.2 Å². The van der Waals surface area contributed by atoms with Crippen molar-refractivity contribution in [3.05, 3.63) is 59.7 Å². The van der Waals surface area contributed by atoms with Crippen LogP contribution in [0.25, 0.3) is 11.1 Å². The number of carboxylic acids is 1. The van der Waals surface area contributed by atoms with Gasteiger partial charge in [-0.1, -0.05) is 62.4 Å². The number of ether oxygens (including phenoxy) is 1. The van der Waals surface area contributed by atoms with Crippen LogP contribution in [0.3, 0.4) is 0 Å². The van der Waals surface area contributed by atoms with Crippen molar-refractivity contribution in [2.45, 2.75) is 39.0 Å². The van der Waals surface area contributed by atoms with Crippen molar-refractivity contribution in [2.24, 2.45) is 11.3 Å². The molecule has 2 aromatic carbocycles. The number of hydrogen-bond donors (Lipinski definition) is 2. The molecule has 1 saturated heterocycles. The number of carbonyl (C=O) groups is 3. The molecule has 1 unspecified atom stereocenters. The van der Waals surface area contributed by atoms with Crippen molar-refractivity contribution in [3.63, 3.8) is 0 Å². The van der Waals surface area contributed by atoms with Gasteiger partial charge >= 0.3 is 12.1 Å². The highest BCUT2D eigenvalue weighted by molar-refractivity contribution is 5.82. The van der Waals surface area contributed by atoms with Gasteiger partial charge in [-0.2, -0.15) is 0 Å². The molecule has 34 heavy (non-hydrogen) atoms. The Bertz CT molecular complexity index is 1030. The Kier molecular flexibility index (Phi) is 6.91. The van der Waals surface area contributed by atoms with E-state index in [2.05, 4.69) is 29.6 Å². The van der Waals surface area contributed by atoms with E-state index < -0.39 is 17.5 Å². The van der Waals surface area contributed by atoms with Crippen LogP contribution in [0, 0.1) is 11.3 Å². The number of rotatable bonds is 8. The molecule has 1 heterocycles. The standard InChI is InChI=1S/C27H32N2O5/c1-27(2,25(32)29-14-11-18(16-29)15-24(30)31)12-13-28-26(33)34-17-23-21-9-5-3-7-19(21)20-8-4-6-10-22(20)23/h3-10,18,23H,11-17H2,1-2H3,(H,28,33)(H,30,31). The third-order valence-corrected chi connectivity index (χ3v) is 6.98. The maximum atomic E-state index is 12.9. The van der Waals surface area contributed by atoms with E-state index in [1.165, 1.54) is 11.1 Å². The quantitative estimate of drug-likeness (QED) is 0.608. The number of hydrogen-bond acceptors (Lipinski definition) is 4. The third kappa shape index (κ3) is 5.08. The smallest absolute Gasteiger partial charge is 0.407 e. The SMILES string of the molecule is CC(C)(CCNC(=O)OCC1c2ccccc2-c2ccccc21)C(=O)N1CCC(CC(=O)O)C1. The molecule has 0 saturated carbocycles. The summed E-state index contributed by atoms with van der Waals surface area (Å²) >= 11 is 0. The van der Waals surface area contributed by atoms with Gasteiger partial charge in [0.05, 0.1) is 0 Å². The minimum atomic E-state index is -0.828. The van der Waals surface area contributed by atoms with Crippen molar-refractivity contribution < 1.29 is 24.2 Å². The van der Waals surface area contributed by atoms with Gasteiger partial charge in [0.15, 0.2) is 0 Å². The molecule has 1 aliphatic carbocycles. The molecule has 1 aliphatic heterocycles. The Hall–Kier alpha value is -3.35. The van der Waals surface area contributed by atoms with Crippen LogP contribution in [0.5, 0.6) is 0 Å². The van der Waals surface area contributed by atoms with Crippen molar-refractivity contribution in [3.8, 4) is 11.1 Å². The summed E-state index contributed by atoms with van der Waals surface area (Å²) in [6.45, 7) is 5.36. The van der Waals surface area contributed by atoms with E-state index in [-0.39, 0.29) is 30.8 Å². The summed E-state index contributed by atoms with van der Waals surface area (Å²) in [5, 5.41) is 11.8. The molecule has 0 aromatic heterocycles. The average molecular weight is 465 g/mol. The second-order valence-electron chi connectivity index (χ2n) is 9.89. The highest BCUT2D eigenvalue weighted by Crippen LogP contribution is 2.44. The lowest BCUT2D eigenvalue weighted by Crippen LogP contribution is -2.41. The van der Waals surface area contributed by atoms with Crippen LogP contribution in [0.1, 0.15) is 50.2 Å². The fourth-order valence-electron chi connectivity index (χ4n) is 5.09. The number of aliphatic carboxylic acids is 1. The highest BCUT2D eigenvalue weighted by Gasteiger charge is 2.36. The van der Waals surface area contributed by atoms with Gasteiger partial charge in [0.25, 0.3) is 0 Å². The summed E-state index contributed by atoms with van der Waals surface area (Å²) in [6.07, 6.45) is 0.781. The summed E-state index contributed by atoms with van der Waals surface area (Å²) in [6, 6.07) is 16.4. The number of likely N-dealkylation sites (tertiary alicyclic amines) is 1. The number of amides is 2. The fourth-order valence-corrected chi connectivity index (χ4v) is 5.09. The van der Waals surface area contributed by atoms with Gasteiger partial charge in [-0.15, -0.1) is 0 Å². The number of carbonyl (C=O) groups excluding carboxylic acids is 2. The Morgan fingerprint density at radius 2 is 1.68 bits per heavy atom. The predicted molar refractivity (Wildman–Crippen MR) is 128 cm³/mol. The molecule has 0 spiro atoms. The van der Waals surface area contributed by atoms with Gasteiger partial charge in [-0.05, 0) is 41.0 Å². The number of benzene rings is 2. The predicted octanol–water partition coefficient (Wildman–Crippen LogP) is 4.26. The maximum Gasteiger partial charge on any atom is 0.407 e. The minimum absolute atomic E-state index is 0.00471. The highest BCUT2D eigenvalue weighted by atomic mass is 16.5. The second-order valence-corrected chi connectivity index (χ2v) is 9.89. The van der Waals surface area contributed by atoms with Gasteiger partial charge in [-0.25, -0.2) is 4.79 Å². The second kappa shape index (κ2) is 9.87. The normalized spacial score (nSPS) is 17.2. The third-order valence-electron chi connectivity index (χ3n) is 6.98. The van der Waals surface area contributed by atoms with E-state index >= 15 is 0 Å². The van der Waals surface area contributed by atoms with Gasteiger partial charge in [0.2, 0.25) is 5.91 Å². The molecule has 1 fully saturated rings. The van der Waals surface area contributed by atoms with Crippen LogP contribution < -0.4 is 5.32 Å². The molecule has 4 rings (SSSR count). The lowest BCUT2D eigenvalue weighted by atomic mass is 9.87. The van der Waals surface area contributed by atoms with Gasteiger partial charge in [0, 0.05) is 37.4 Å². The van der Waals surface area contributed by atoms with Crippen molar-refractivity contribution in [1.82, 2.24) is 10.2 Å². The first-order chi connectivity index (χ1) is 16.3. The minimum Gasteiger partial charge on any atom is -0.481 e. The number of alkyl carbamates (subject to hydrolysis) is 1. The van der Waals surface area contributed by atoms with E-state index in [0.717, 1.165) is 11.1 Å². The Balaban J connectivity index is 1.25. The Labute approximate surface area is 200 Å². The lowest BCUT2D eigenvalue weighted by Gasteiger charge is -2.29. The first-order valence-corrected chi connectivity index (χ1v) is 11.9. The van der Waals surface area contributed by atoms with Crippen molar-refractivity contribution >= 4 is 18.0 Å². The molecule has 7 nitrogen and oxygen atoms in total. The van der Waals surface area contributed by atoms with Crippen molar-refractivity contribution in [1.29, 1.82) is 0 Å². The number of carboxylic acid groups (broad SMARTS) is 1. The average Bonchev–Trinajstić information content (AvgIpc) is 3.39. The monoisotopic (exact) mass is 464 g/mol. The zero-order chi connectivity index (χ0) is 24.3. The van der Waals surface area contributed by atoms with Gasteiger partial charge in [0.1, 0.15) is 6.61 Å². The van der Waals surface area contributed by atoms with E-state index in [0.29, 0.717) is 32.5 Å². The first kappa shape index (κ1) is 23.8. The maximum absolute atomic E-state index is 12.9. The van der Waals surface area contributed by atoms with Crippen molar-refractivity contribution in [2.75, 3.05) is 26.2 Å². The van der Waals surface area contributed by atoms with E-state index in [9.17, 15) is 14.4 Å². The topological polar surface area (TPSA) is 95.9 Å². The molecule has 180 valence electrons. The van der Waals surface area contributed by atoms with Crippen LogP contribution >= 0.6 is 0 Å². The molecular formula is C27H32N2O5. The molecule has 2 N–H and O–H groups in total. The van der Waals surface area contributed by atoms with Crippen LogP contribution in [0.2, 0.25) is 0 Å². The zero-order valence-electron chi connectivity index (χ0n) is 19.8. The molecular weight excluding hydrogens is 432 g/mol. The summed E-state index contributed by atoms with van der Waals surface area (Å²) in [5.41, 5.74) is 4.03. The fraction of sp³-hybridized carbons (Fsp3) is 0.444. The summed E-state index contributed by atoms with van der Waals surface area (Å²) < 4.78 is 5.56. The number of nitrogens with one attached hydrogen (secondary N) is 1. The molecule has 0 radical (unpaired) electrons. The van der Waals surface area contributed by atoms with Crippen LogP contribution in [0.4, 0.5) is 4.79 Å². The largest absolute Gasteiger partial charge is 0.481 e. The lowest BCUT2D eigenvalue weighted by molar-refractivity contribution is -0.141. The van der Waals surface area contributed by atoms with Gasteiger partial charge in [-0.3, -0.25) is 9.59 Å². The molecule has 2 amide bonds. The van der Waals surface area contributed by atoms with E-state index in [1.54, 1.807) is 4.90 Å². The number of nitrogens with zero attached hydrogens (tertiary/aromatic N) is 1. The zero-order valence-corrected chi connectivity index (χ0v) is 19.8. The van der Waals surface area contributed by atoms with E-state index in [4.69, 9.17) is 9.84 Å².